The highest BCUT2D eigenvalue weighted by Crippen LogP contribution is 2.27. The summed E-state index contributed by atoms with van der Waals surface area (Å²) >= 11 is 1.34. The smallest absolute Gasteiger partial charge is 0.415 e. The Kier molecular flexibility index (Phi) is 9.49. The maximum atomic E-state index is 13.8. The average molecular weight is 639 g/mol. The van der Waals surface area contributed by atoms with Gasteiger partial charge < -0.3 is 20.3 Å². The highest BCUT2D eigenvalue weighted by molar-refractivity contribution is 7.89. The summed E-state index contributed by atoms with van der Waals surface area (Å²) in [5, 5.41) is 24.2. The van der Waals surface area contributed by atoms with E-state index in [0.29, 0.717) is 11.2 Å². The number of anilines is 1. The molecule has 1 aliphatic rings. The number of aliphatic hydroxyl groups is 1. The standard InChI is InChI=1S/C31H34N4O7S2/c1-20(2)16-34(44(40,41)24-11-12-25-29(15-24)43-19-32-25)17-27(37)26(13-21-7-4-3-5-8-21)33-30(38)28-18-35(31(39)42-28)22-9-6-10-23(36)14-22/h3-12,14-15,19-20,26-28,36-37H,13,16-18H2,1-2H3,(H,33,38)/t26-,27+,28-/m0/s1. The molecule has 2 amide bonds. The van der Waals surface area contributed by atoms with Crippen LogP contribution in [-0.2, 0) is 26.0 Å². The number of rotatable bonds is 12. The number of phenols is 1. The molecule has 4 aromatic rings. The molecular weight excluding hydrogens is 604 g/mol. The minimum Gasteiger partial charge on any atom is -0.508 e. The number of nitrogens with zero attached hydrogens (tertiary/aromatic N) is 3. The molecule has 1 fully saturated rings. The number of carbonyl (C=O) groups is 2. The number of benzene rings is 3. The van der Waals surface area contributed by atoms with Gasteiger partial charge in [0.15, 0.2) is 6.10 Å². The molecule has 1 aliphatic heterocycles. The van der Waals surface area contributed by atoms with Crippen molar-refractivity contribution in [3.05, 3.63) is 83.9 Å². The Morgan fingerprint density at radius 1 is 1.11 bits per heavy atom. The van der Waals surface area contributed by atoms with Crippen LogP contribution in [-0.4, -0.2) is 77.8 Å². The van der Waals surface area contributed by atoms with Crippen LogP contribution < -0.4 is 10.2 Å². The summed E-state index contributed by atoms with van der Waals surface area (Å²) in [5.74, 6) is -0.718. The van der Waals surface area contributed by atoms with Crippen molar-refractivity contribution >= 4 is 49.3 Å². The summed E-state index contributed by atoms with van der Waals surface area (Å²) in [6, 6.07) is 19.1. The van der Waals surface area contributed by atoms with Crippen LogP contribution in [0.15, 0.2) is 83.2 Å². The van der Waals surface area contributed by atoms with Crippen molar-refractivity contribution in [1.82, 2.24) is 14.6 Å². The topological polar surface area (TPSA) is 149 Å². The lowest BCUT2D eigenvalue weighted by atomic mass is 10.0. The number of hydrogen-bond donors (Lipinski definition) is 3. The van der Waals surface area contributed by atoms with Crippen LogP contribution in [0.4, 0.5) is 10.5 Å². The fourth-order valence-electron chi connectivity index (χ4n) is 5.06. The first kappa shape index (κ1) is 31.4. The van der Waals surface area contributed by atoms with Crippen molar-refractivity contribution in [2.75, 3.05) is 24.5 Å². The Balaban J connectivity index is 1.37. The number of thiazole rings is 1. The predicted molar refractivity (Wildman–Crippen MR) is 167 cm³/mol. The van der Waals surface area contributed by atoms with Crippen molar-refractivity contribution in [3.63, 3.8) is 0 Å². The normalized spacial score (nSPS) is 16.8. The lowest BCUT2D eigenvalue weighted by Gasteiger charge is -2.31. The quantitative estimate of drug-likeness (QED) is 0.212. The highest BCUT2D eigenvalue weighted by Gasteiger charge is 2.39. The molecular formula is C31H34N4O7S2. The molecule has 3 aromatic carbocycles. The number of aromatic hydroxyl groups is 1. The van der Waals surface area contributed by atoms with Gasteiger partial charge in [0.25, 0.3) is 5.91 Å². The van der Waals surface area contributed by atoms with E-state index in [9.17, 15) is 28.2 Å². The van der Waals surface area contributed by atoms with E-state index >= 15 is 0 Å². The van der Waals surface area contributed by atoms with Gasteiger partial charge in [-0.2, -0.15) is 4.31 Å². The lowest BCUT2D eigenvalue weighted by Crippen LogP contribution is -2.53. The Labute approximate surface area is 259 Å². The first-order valence-corrected chi connectivity index (χ1v) is 16.5. The van der Waals surface area contributed by atoms with Crippen LogP contribution in [0.3, 0.4) is 0 Å². The van der Waals surface area contributed by atoms with Crippen LogP contribution in [0.5, 0.6) is 5.75 Å². The molecule has 0 saturated carbocycles. The summed E-state index contributed by atoms with van der Waals surface area (Å²) in [4.78, 5) is 31.5. The Morgan fingerprint density at radius 3 is 2.61 bits per heavy atom. The van der Waals surface area contributed by atoms with Crippen LogP contribution in [0.25, 0.3) is 10.2 Å². The number of hydrogen-bond acceptors (Lipinski definition) is 9. The van der Waals surface area contributed by atoms with E-state index in [2.05, 4.69) is 10.3 Å². The molecule has 0 radical (unpaired) electrons. The second-order valence-corrected chi connectivity index (χ2v) is 13.9. The third kappa shape index (κ3) is 7.18. The molecule has 232 valence electrons. The number of carbonyl (C=O) groups excluding carboxylic acids is 2. The minimum absolute atomic E-state index is 0.0397. The monoisotopic (exact) mass is 638 g/mol. The van der Waals surface area contributed by atoms with E-state index in [4.69, 9.17) is 4.74 Å². The number of cyclic esters (lactones) is 1. The van der Waals surface area contributed by atoms with Gasteiger partial charge in [0.05, 0.1) is 45.0 Å². The second kappa shape index (κ2) is 13.3. The van der Waals surface area contributed by atoms with E-state index in [1.54, 1.807) is 29.8 Å². The fraction of sp³-hybridized carbons (Fsp3) is 0.323. The summed E-state index contributed by atoms with van der Waals surface area (Å²) in [7, 11) is -4.02. The zero-order valence-corrected chi connectivity index (χ0v) is 25.9. The number of fused-ring (bicyclic) bond motifs is 1. The summed E-state index contributed by atoms with van der Waals surface area (Å²) in [6.07, 6.45) is -3.04. The number of nitrogens with one attached hydrogen (secondary N) is 1. The number of aromatic nitrogens is 1. The molecule has 11 nitrogen and oxygen atoms in total. The van der Waals surface area contributed by atoms with E-state index in [1.165, 1.54) is 38.7 Å². The largest absolute Gasteiger partial charge is 0.508 e. The van der Waals surface area contributed by atoms with Crippen molar-refractivity contribution in [3.8, 4) is 5.75 Å². The minimum atomic E-state index is -4.02. The average Bonchev–Trinajstić information content (AvgIpc) is 3.63. The Hall–Kier alpha value is -4.04. The second-order valence-electron chi connectivity index (χ2n) is 11.1. The SMILES string of the molecule is CC(C)CN(C[C@@H](O)[C@H](Cc1ccccc1)NC(=O)[C@@H]1CN(c2cccc(O)c2)C(=O)O1)S(=O)(=O)c1ccc2ncsc2c1. The molecule has 3 N–H and O–H groups in total. The number of phenolic OH excluding ortho intramolecular Hbond substituents is 1. The zero-order chi connectivity index (χ0) is 31.4. The molecule has 1 aromatic heterocycles. The first-order valence-electron chi connectivity index (χ1n) is 14.1. The molecule has 0 spiro atoms. The van der Waals surface area contributed by atoms with Gasteiger partial charge in [0.1, 0.15) is 5.75 Å². The number of ether oxygens (including phenoxy) is 1. The molecule has 0 unspecified atom stereocenters. The highest BCUT2D eigenvalue weighted by atomic mass is 32.2. The molecule has 3 atom stereocenters. The van der Waals surface area contributed by atoms with Crippen molar-refractivity contribution in [2.45, 2.75) is 43.4 Å². The van der Waals surface area contributed by atoms with Gasteiger partial charge in [0.2, 0.25) is 10.0 Å². The maximum Gasteiger partial charge on any atom is 0.415 e. The molecule has 2 heterocycles. The van der Waals surface area contributed by atoms with Gasteiger partial charge in [-0.15, -0.1) is 11.3 Å². The van der Waals surface area contributed by atoms with E-state index in [1.807, 2.05) is 44.2 Å². The lowest BCUT2D eigenvalue weighted by molar-refractivity contribution is -0.129. The molecule has 44 heavy (non-hydrogen) atoms. The molecule has 0 bridgehead atoms. The molecule has 1 saturated heterocycles. The van der Waals surface area contributed by atoms with Gasteiger partial charge in [-0.05, 0) is 48.2 Å². The molecule has 5 rings (SSSR count). The first-order chi connectivity index (χ1) is 21.0. The third-order valence-electron chi connectivity index (χ3n) is 7.24. The van der Waals surface area contributed by atoms with Gasteiger partial charge in [-0.3, -0.25) is 9.69 Å². The van der Waals surface area contributed by atoms with Gasteiger partial charge in [-0.25, -0.2) is 18.2 Å². The predicted octanol–water partition coefficient (Wildman–Crippen LogP) is 3.76. The van der Waals surface area contributed by atoms with Crippen LogP contribution in [0, 0.1) is 5.92 Å². The van der Waals surface area contributed by atoms with E-state index in [0.717, 1.165) is 10.3 Å². The molecule has 0 aliphatic carbocycles. The van der Waals surface area contributed by atoms with E-state index in [-0.39, 0.29) is 42.6 Å². The van der Waals surface area contributed by atoms with Crippen molar-refractivity contribution in [2.24, 2.45) is 5.92 Å². The van der Waals surface area contributed by atoms with Crippen LogP contribution >= 0.6 is 11.3 Å². The van der Waals surface area contributed by atoms with Crippen molar-refractivity contribution < 1.29 is 33.0 Å². The Bertz CT molecular complexity index is 1730. The summed E-state index contributed by atoms with van der Waals surface area (Å²) < 4.78 is 35.0. The van der Waals surface area contributed by atoms with E-state index < -0.39 is 40.3 Å². The summed E-state index contributed by atoms with van der Waals surface area (Å²) in [6.45, 7) is 3.54. The Morgan fingerprint density at radius 2 is 1.89 bits per heavy atom. The number of aliphatic hydroxyl groups excluding tert-OH is 1. The van der Waals surface area contributed by atoms with Crippen LogP contribution in [0.2, 0.25) is 0 Å². The summed E-state index contributed by atoms with van der Waals surface area (Å²) in [5.41, 5.74) is 3.54. The maximum absolute atomic E-state index is 13.8. The van der Waals surface area contributed by atoms with Gasteiger partial charge in [-0.1, -0.05) is 50.2 Å². The molecule has 13 heteroatoms. The third-order valence-corrected chi connectivity index (χ3v) is 9.86. The van der Waals surface area contributed by atoms with Gasteiger partial charge in [0, 0.05) is 19.2 Å². The number of amides is 2. The number of sulfonamides is 1. The fourth-order valence-corrected chi connectivity index (χ4v) is 7.50. The van der Waals surface area contributed by atoms with Gasteiger partial charge >= 0.3 is 6.09 Å². The zero-order valence-electron chi connectivity index (χ0n) is 24.2. The van der Waals surface area contributed by atoms with Crippen LogP contribution in [0.1, 0.15) is 19.4 Å². The van der Waals surface area contributed by atoms with Crippen molar-refractivity contribution in [1.29, 1.82) is 0 Å².